The van der Waals surface area contributed by atoms with Gasteiger partial charge in [-0.3, -0.25) is 0 Å². The van der Waals surface area contributed by atoms with Gasteiger partial charge in [-0.05, 0) is 19.1 Å². The Morgan fingerprint density at radius 3 is 2.81 bits per heavy atom. The summed E-state index contributed by atoms with van der Waals surface area (Å²) in [5, 5.41) is 16.5. The van der Waals surface area contributed by atoms with Gasteiger partial charge in [0.25, 0.3) is 0 Å². The molecule has 0 saturated carbocycles. The second-order valence-electron chi connectivity index (χ2n) is 4.29. The third-order valence-corrected chi connectivity index (χ3v) is 2.89. The van der Waals surface area contributed by atoms with E-state index in [1.54, 1.807) is 13.0 Å². The van der Waals surface area contributed by atoms with Crippen molar-refractivity contribution in [2.24, 2.45) is 0 Å². The summed E-state index contributed by atoms with van der Waals surface area (Å²) in [6, 6.07) is 4.51. The summed E-state index contributed by atoms with van der Waals surface area (Å²) >= 11 is 0. The summed E-state index contributed by atoms with van der Waals surface area (Å²) in [7, 11) is 0. The van der Waals surface area contributed by atoms with Gasteiger partial charge in [0.15, 0.2) is 11.6 Å². The van der Waals surface area contributed by atoms with Gasteiger partial charge >= 0.3 is 0 Å². The molecule has 0 aliphatic heterocycles. The van der Waals surface area contributed by atoms with Crippen LogP contribution in [0.2, 0.25) is 0 Å². The molecule has 2 heterocycles. The molecule has 3 rings (SSSR count). The molecule has 21 heavy (non-hydrogen) atoms. The van der Waals surface area contributed by atoms with Crippen molar-refractivity contribution in [1.29, 1.82) is 0 Å². The molecular formula is C13H11FN6O. The quantitative estimate of drug-likeness (QED) is 0.765. The van der Waals surface area contributed by atoms with Crippen LogP contribution in [0, 0.1) is 12.7 Å². The Morgan fingerprint density at radius 2 is 2.10 bits per heavy atom. The van der Waals surface area contributed by atoms with Crippen molar-refractivity contribution in [3.8, 4) is 11.4 Å². The molecule has 0 fully saturated rings. The Bertz CT molecular complexity index is 774. The van der Waals surface area contributed by atoms with Crippen LogP contribution in [-0.2, 0) is 0 Å². The lowest BCUT2D eigenvalue weighted by molar-refractivity contribution is 0.467. The van der Waals surface area contributed by atoms with Crippen LogP contribution in [-0.4, -0.2) is 29.8 Å². The molecule has 0 atom stereocenters. The van der Waals surface area contributed by atoms with Crippen LogP contribution in [0.4, 0.5) is 15.9 Å². The maximum atomic E-state index is 14.1. The molecule has 0 unspecified atom stereocenters. The van der Waals surface area contributed by atoms with E-state index in [2.05, 4.69) is 25.4 Å². The highest BCUT2D eigenvalue weighted by molar-refractivity contribution is 5.64. The van der Waals surface area contributed by atoms with Crippen LogP contribution in [0.1, 0.15) is 5.69 Å². The standard InChI is InChI=1S/C13H11FN6O/c1-8-12(21)13(17-6-16-8)19-11-3-2-9(4-10(11)14)20-7-15-5-18-20/h2-7,21H,1H3,(H,16,17,19). The molecular weight excluding hydrogens is 275 g/mol. The number of aromatic hydroxyl groups is 1. The Labute approximate surface area is 119 Å². The fourth-order valence-corrected chi connectivity index (χ4v) is 1.78. The SMILES string of the molecule is Cc1ncnc(Nc2ccc(-n3cncn3)cc2F)c1O. The first-order valence-electron chi connectivity index (χ1n) is 6.07. The molecule has 0 spiro atoms. The van der Waals surface area contributed by atoms with Crippen LogP contribution in [0.25, 0.3) is 5.69 Å². The summed E-state index contributed by atoms with van der Waals surface area (Å²) < 4.78 is 15.6. The van der Waals surface area contributed by atoms with E-state index in [1.807, 2.05) is 0 Å². The minimum Gasteiger partial charge on any atom is -0.503 e. The number of nitrogens with zero attached hydrogens (tertiary/aromatic N) is 5. The van der Waals surface area contributed by atoms with E-state index in [9.17, 15) is 9.50 Å². The van der Waals surface area contributed by atoms with Crippen molar-refractivity contribution in [1.82, 2.24) is 24.7 Å². The van der Waals surface area contributed by atoms with Gasteiger partial charge in [0.05, 0.1) is 17.1 Å². The largest absolute Gasteiger partial charge is 0.503 e. The molecule has 0 amide bonds. The summed E-state index contributed by atoms with van der Waals surface area (Å²) in [4.78, 5) is 11.5. The highest BCUT2D eigenvalue weighted by atomic mass is 19.1. The Balaban J connectivity index is 1.92. The number of anilines is 2. The topological polar surface area (TPSA) is 88.8 Å². The molecule has 1 aromatic carbocycles. The zero-order chi connectivity index (χ0) is 14.8. The number of nitrogens with one attached hydrogen (secondary N) is 1. The third kappa shape index (κ3) is 2.50. The van der Waals surface area contributed by atoms with Crippen LogP contribution in [0.5, 0.6) is 5.75 Å². The van der Waals surface area contributed by atoms with Crippen LogP contribution in [0.3, 0.4) is 0 Å². The van der Waals surface area contributed by atoms with Gasteiger partial charge in [0.2, 0.25) is 0 Å². The van der Waals surface area contributed by atoms with Gasteiger partial charge in [0, 0.05) is 6.07 Å². The predicted molar refractivity (Wildman–Crippen MR) is 73.0 cm³/mol. The maximum absolute atomic E-state index is 14.1. The fourth-order valence-electron chi connectivity index (χ4n) is 1.78. The van der Waals surface area contributed by atoms with Gasteiger partial charge in [0.1, 0.15) is 24.8 Å². The minimum atomic E-state index is -0.501. The van der Waals surface area contributed by atoms with Crippen LogP contribution in [0.15, 0.2) is 37.2 Å². The van der Waals surface area contributed by atoms with Crippen molar-refractivity contribution in [2.45, 2.75) is 6.92 Å². The van der Waals surface area contributed by atoms with E-state index in [1.165, 1.54) is 35.8 Å². The number of halogens is 1. The molecule has 0 bridgehead atoms. The van der Waals surface area contributed by atoms with Gasteiger partial charge < -0.3 is 10.4 Å². The molecule has 106 valence electrons. The summed E-state index contributed by atoms with van der Waals surface area (Å²) in [6.45, 7) is 1.63. The summed E-state index contributed by atoms with van der Waals surface area (Å²) in [5.41, 5.74) is 1.14. The van der Waals surface area contributed by atoms with E-state index >= 15 is 0 Å². The van der Waals surface area contributed by atoms with Gasteiger partial charge in [-0.1, -0.05) is 0 Å². The average molecular weight is 286 g/mol. The van der Waals surface area contributed by atoms with Crippen molar-refractivity contribution in [3.05, 3.63) is 48.7 Å². The zero-order valence-corrected chi connectivity index (χ0v) is 11.0. The van der Waals surface area contributed by atoms with E-state index in [4.69, 9.17) is 0 Å². The molecule has 2 aromatic heterocycles. The number of hydrogen-bond acceptors (Lipinski definition) is 6. The van der Waals surface area contributed by atoms with E-state index in [0.717, 1.165) is 0 Å². The highest BCUT2D eigenvalue weighted by Gasteiger charge is 2.10. The maximum Gasteiger partial charge on any atom is 0.180 e. The van der Waals surface area contributed by atoms with E-state index < -0.39 is 5.82 Å². The van der Waals surface area contributed by atoms with Crippen molar-refractivity contribution in [3.63, 3.8) is 0 Å². The van der Waals surface area contributed by atoms with Crippen molar-refractivity contribution >= 4 is 11.5 Å². The fraction of sp³-hybridized carbons (Fsp3) is 0.0769. The second kappa shape index (κ2) is 5.16. The number of hydrogen-bond donors (Lipinski definition) is 2. The van der Waals surface area contributed by atoms with Gasteiger partial charge in [-0.25, -0.2) is 24.0 Å². The molecule has 0 radical (unpaired) electrons. The Kier molecular flexibility index (Phi) is 3.19. The van der Waals surface area contributed by atoms with Crippen LogP contribution >= 0.6 is 0 Å². The molecule has 8 heteroatoms. The second-order valence-corrected chi connectivity index (χ2v) is 4.29. The van der Waals surface area contributed by atoms with Crippen molar-refractivity contribution in [2.75, 3.05) is 5.32 Å². The first-order chi connectivity index (χ1) is 10.1. The first-order valence-corrected chi connectivity index (χ1v) is 6.07. The number of benzene rings is 1. The van der Waals surface area contributed by atoms with E-state index in [0.29, 0.717) is 11.4 Å². The number of aromatic nitrogens is 5. The first kappa shape index (κ1) is 13.0. The van der Waals surface area contributed by atoms with Gasteiger partial charge in [-0.2, -0.15) is 5.10 Å². The van der Waals surface area contributed by atoms with Crippen LogP contribution < -0.4 is 5.32 Å². The van der Waals surface area contributed by atoms with Crippen molar-refractivity contribution < 1.29 is 9.50 Å². The predicted octanol–water partition coefficient (Wildman–Crippen LogP) is 1.95. The number of rotatable bonds is 3. The summed E-state index contributed by atoms with van der Waals surface area (Å²) in [5.74, 6) is -0.467. The lowest BCUT2D eigenvalue weighted by atomic mass is 10.2. The lowest BCUT2D eigenvalue weighted by Crippen LogP contribution is -2.01. The molecule has 0 aliphatic carbocycles. The Hall–Kier alpha value is -3.03. The molecule has 0 aliphatic rings. The smallest absolute Gasteiger partial charge is 0.180 e. The minimum absolute atomic E-state index is 0.114. The normalized spacial score (nSPS) is 10.6. The molecule has 3 aromatic rings. The molecule has 2 N–H and O–H groups in total. The average Bonchev–Trinajstić information content (AvgIpc) is 3.00. The monoisotopic (exact) mass is 286 g/mol. The summed E-state index contributed by atoms with van der Waals surface area (Å²) in [6.07, 6.45) is 4.13. The molecule has 7 nitrogen and oxygen atoms in total. The zero-order valence-electron chi connectivity index (χ0n) is 11.0. The number of aryl methyl sites for hydroxylation is 1. The van der Waals surface area contributed by atoms with Gasteiger partial charge in [-0.15, -0.1) is 0 Å². The Morgan fingerprint density at radius 1 is 1.24 bits per heavy atom. The molecule has 0 saturated heterocycles. The van der Waals surface area contributed by atoms with E-state index in [-0.39, 0.29) is 17.3 Å². The third-order valence-electron chi connectivity index (χ3n) is 2.89. The lowest BCUT2D eigenvalue weighted by Gasteiger charge is -2.10. The highest BCUT2D eigenvalue weighted by Crippen LogP contribution is 2.27.